The number of alkyl halides is 2. The van der Waals surface area contributed by atoms with Gasteiger partial charge in [-0.3, -0.25) is 4.79 Å². The molecule has 1 saturated heterocycles. The fraction of sp³-hybridized carbons (Fsp3) is 0.600. The Hall–Kier alpha value is -1.87. The lowest BCUT2D eigenvalue weighted by Gasteiger charge is -2.42. The van der Waals surface area contributed by atoms with Crippen LogP contribution < -0.4 is 10.1 Å². The molecule has 4 atom stereocenters. The van der Waals surface area contributed by atoms with E-state index in [1.807, 2.05) is 0 Å². The molecule has 0 spiro atoms. The molecule has 1 aromatic carbocycles. The van der Waals surface area contributed by atoms with E-state index in [9.17, 15) is 9.59 Å². The lowest BCUT2D eigenvalue weighted by Crippen LogP contribution is -2.63. The molecule has 0 radical (unpaired) electrons. The molecular weight excluding hydrogens is 404 g/mol. The van der Waals surface area contributed by atoms with Crippen LogP contribution in [0, 0.1) is 5.41 Å². The van der Waals surface area contributed by atoms with Crippen molar-refractivity contribution in [3.63, 3.8) is 0 Å². The number of amides is 1. The first-order valence-corrected chi connectivity index (χ1v) is 10.6. The minimum atomic E-state index is -2.83. The van der Waals surface area contributed by atoms with E-state index in [1.165, 1.54) is 18.4 Å². The zero-order chi connectivity index (χ0) is 21.8. The van der Waals surface area contributed by atoms with Gasteiger partial charge in [-0.25, -0.2) is 9.18 Å². The minimum Gasteiger partial charge on any atom is -0.462 e. The van der Waals surface area contributed by atoms with Crippen molar-refractivity contribution in [1.29, 1.82) is 0 Å². The Morgan fingerprint density at radius 1 is 1.34 bits per heavy atom. The fourth-order valence-electron chi connectivity index (χ4n) is 2.73. The first-order valence-electron chi connectivity index (χ1n) is 9.29. The summed E-state index contributed by atoms with van der Waals surface area (Å²) < 4.78 is 46.3. The zero-order valence-corrected chi connectivity index (χ0v) is 18.0. The smallest absolute Gasteiger partial charge is 0.378 e. The highest BCUT2D eigenvalue weighted by Crippen LogP contribution is 2.39. The number of rotatable bonds is 6. The van der Waals surface area contributed by atoms with Gasteiger partial charge in [0.15, 0.2) is 0 Å². The summed E-state index contributed by atoms with van der Waals surface area (Å²) in [6.45, 7) is 6.45. The van der Waals surface area contributed by atoms with Crippen LogP contribution in [0.5, 0.6) is 5.75 Å². The number of benzene rings is 1. The summed E-state index contributed by atoms with van der Waals surface area (Å²) in [4.78, 5) is 24.3. The van der Waals surface area contributed by atoms with E-state index in [0.717, 1.165) is 11.8 Å². The molecule has 6 nitrogen and oxygen atoms in total. The van der Waals surface area contributed by atoms with Gasteiger partial charge in [-0.2, -0.15) is 4.39 Å². The molecule has 1 amide bonds. The number of halogens is 2. The Labute approximate surface area is 173 Å². The Morgan fingerprint density at radius 2 is 2.00 bits per heavy atom. The van der Waals surface area contributed by atoms with Crippen molar-refractivity contribution >= 4 is 23.6 Å². The number of nitrogens with one attached hydrogen (secondary N) is 1. The second-order valence-electron chi connectivity index (χ2n) is 7.64. The molecule has 1 aliphatic rings. The molecule has 162 valence electrons. The van der Waals surface area contributed by atoms with Gasteiger partial charge < -0.3 is 19.5 Å². The third-order valence-electron chi connectivity index (χ3n) is 4.36. The molecule has 0 aliphatic carbocycles. The minimum absolute atomic E-state index is 0.00777. The number of carbonyl (C=O) groups excluding carboxylic acids is 2. The lowest BCUT2D eigenvalue weighted by molar-refractivity contribution is -0.298. The number of thioether (sulfide) groups is 1. The van der Waals surface area contributed by atoms with Crippen LogP contribution in [0.3, 0.4) is 0 Å². The summed E-state index contributed by atoms with van der Waals surface area (Å²) in [6.07, 6.45) is -0.256. The van der Waals surface area contributed by atoms with E-state index < -0.39 is 41.5 Å². The summed E-state index contributed by atoms with van der Waals surface area (Å²) in [5, 5.41) is 1.18. The van der Waals surface area contributed by atoms with Crippen molar-refractivity contribution in [2.45, 2.75) is 51.2 Å². The first-order chi connectivity index (χ1) is 13.5. The van der Waals surface area contributed by atoms with Crippen LogP contribution in [0.25, 0.3) is 0 Å². The molecule has 2 rings (SSSR count). The largest absolute Gasteiger partial charge is 0.462 e. The predicted octanol–water partition coefficient (Wildman–Crippen LogP) is 3.50. The molecule has 0 aromatic heterocycles. The number of esters is 1. The molecule has 9 heteroatoms. The maximum absolute atomic E-state index is 15.6. The third kappa shape index (κ3) is 5.39. The predicted molar refractivity (Wildman–Crippen MR) is 106 cm³/mol. The molecule has 1 fully saturated rings. The second-order valence-corrected chi connectivity index (χ2v) is 8.62. The van der Waals surface area contributed by atoms with Crippen LogP contribution in [-0.4, -0.2) is 54.9 Å². The van der Waals surface area contributed by atoms with E-state index >= 15 is 8.78 Å². The number of carbonyl (C=O) groups is 2. The van der Waals surface area contributed by atoms with E-state index in [2.05, 4.69) is 5.32 Å². The maximum Gasteiger partial charge on any atom is 0.378 e. The lowest BCUT2D eigenvalue weighted by atomic mass is 9.94. The SMILES string of the molecule is CCOC(=O)c1ccccc1OC1(F)OCC(NC(=O)C(C)(C)C)C(F)C1SC. The quantitative estimate of drug-likeness (QED) is 0.695. The number of hydrogen-bond donors (Lipinski definition) is 1. The van der Waals surface area contributed by atoms with Gasteiger partial charge >= 0.3 is 12.0 Å². The summed E-state index contributed by atoms with van der Waals surface area (Å²) in [7, 11) is 0. The van der Waals surface area contributed by atoms with Crippen LogP contribution in [0.15, 0.2) is 24.3 Å². The topological polar surface area (TPSA) is 73.9 Å². The van der Waals surface area contributed by atoms with Crippen LogP contribution in [0.4, 0.5) is 8.78 Å². The van der Waals surface area contributed by atoms with E-state index in [0.29, 0.717) is 0 Å². The Morgan fingerprint density at radius 3 is 2.59 bits per heavy atom. The van der Waals surface area contributed by atoms with Gasteiger partial charge in [0.25, 0.3) is 0 Å². The van der Waals surface area contributed by atoms with Crippen molar-refractivity contribution in [2.24, 2.45) is 5.41 Å². The molecule has 1 aliphatic heterocycles. The van der Waals surface area contributed by atoms with E-state index in [-0.39, 0.29) is 23.8 Å². The van der Waals surface area contributed by atoms with Crippen molar-refractivity contribution in [3.8, 4) is 5.75 Å². The molecule has 0 bridgehead atoms. The van der Waals surface area contributed by atoms with Gasteiger partial charge in [-0.15, -0.1) is 11.8 Å². The number of ether oxygens (including phenoxy) is 3. The van der Waals surface area contributed by atoms with Crippen LogP contribution >= 0.6 is 11.8 Å². The van der Waals surface area contributed by atoms with Gasteiger partial charge in [-0.1, -0.05) is 32.9 Å². The summed E-state index contributed by atoms with van der Waals surface area (Å²) in [6, 6.07) is 2.09. The first kappa shape index (κ1) is 23.4. The van der Waals surface area contributed by atoms with Gasteiger partial charge in [-0.05, 0) is 25.3 Å². The molecule has 1 N–H and O–H groups in total. The van der Waals surface area contributed by atoms with Gasteiger partial charge in [0.05, 0.1) is 19.3 Å². The molecule has 0 saturated carbocycles. The standard InChI is InChI=1S/C20H27F2NO5S/c1-6-26-17(24)12-9-7-8-10-14(12)28-20(22)16(29-5)15(21)13(11-27-20)23-18(25)19(2,3)4/h7-10,13,15-16H,6,11H2,1-5H3,(H,23,25). The average molecular weight is 432 g/mol. The normalized spacial score (nSPS) is 27.2. The Balaban J connectivity index is 2.23. The van der Waals surface area contributed by atoms with Crippen LogP contribution in [0.1, 0.15) is 38.1 Å². The van der Waals surface area contributed by atoms with E-state index in [4.69, 9.17) is 14.2 Å². The van der Waals surface area contributed by atoms with Crippen molar-refractivity contribution in [2.75, 3.05) is 19.5 Å². The average Bonchev–Trinajstić information content (AvgIpc) is 2.64. The second kappa shape index (κ2) is 9.30. The maximum atomic E-state index is 15.6. The zero-order valence-electron chi connectivity index (χ0n) is 17.2. The number of para-hydroxylation sites is 1. The fourth-order valence-corrected chi connectivity index (χ4v) is 3.57. The van der Waals surface area contributed by atoms with Crippen molar-refractivity contribution in [1.82, 2.24) is 5.32 Å². The summed E-state index contributed by atoms with van der Waals surface area (Å²) >= 11 is 0.875. The summed E-state index contributed by atoms with van der Waals surface area (Å²) in [5.74, 6) is -1.17. The highest BCUT2D eigenvalue weighted by atomic mass is 32.2. The monoisotopic (exact) mass is 431 g/mol. The third-order valence-corrected chi connectivity index (χ3v) is 5.41. The van der Waals surface area contributed by atoms with E-state index in [1.54, 1.807) is 39.8 Å². The molecule has 4 unspecified atom stereocenters. The molecule has 29 heavy (non-hydrogen) atoms. The van der Waals surface area contributed by atoms with Crippen molar-refractivity contribution < 1.29 is 32.6 Å². The molecule has 1 heterocycles. The van der Waals surface area contributed by atoms with Crippen LogP contribution in [0.2, 0.25) is 0 Å². The highest BCUT2D eigenvalue weighted by Gasteiger charge is 2.55. The number of hydrogen-bond acceptors (Lipinski definition) is 6. The molecular formula is C20H27F2NO5S. The van der Waals surface area contributed by atoms with Crippen molar-refractivity contribution in [3.05, 3.63) is 29.8 Å². The Bertz CT molecular complexity index is 742. The van der Waals surface area contributed by atoms with Gasteiger partial charge in [0.2, 0.25) is 5.91 Å². The highest BCUT2D eigenvalue weighted by molar-refractivity contribution is 7.99. The van der Waals surface area contributed by atoms with Gasteiger partial charge in [0, 0.05) is 5.41 Å². The Kier molecular flexibility index (Phi) is 7.50. The van der Waals surface area contributed by atoms with Crippen LogP contribution in [-0.2, 0) is 14.3 Å². The van der Waals surface area contributed by atoms with Gasteiger partial charge in [0.1, 0.15) is 22.7 Å². The molecule has 1 aromatic rings. The summed E-state index contributed by atoms with van der Waals surface area (Å²) in [5.41, 5.74) is -0.720.